The van der Waals surface area contributed by atoms with E-state index in [4.69, 9.17) is 9.47 Å². The largest absolute Gasteiger partial charge is 0.465 e. The monoisotopic (exact) mass is 331 g/mol. The van der Waals surface area contributed by atoms with Crippen molar-refractivity contribution in [2.75, 3.05) is 25.2 Å². The molecule has 0 spiro atoms. The van der Waals surface area contributed by atoms with Gasteiger partial charge in [0.2, 0.25) is 0 Å². The van der Waals surface area contributed by atoms with E-state index in [2.05, 4.69) is 17.9 Å². The summed E-state index contributed by atoms with van der Waals surface area (Å²) in [5.41, 5.74) is 0.718. The third kappa shape index (κ3) is 2.00. The summed E-state index contributed by atoms with van der Waals surface area (Å²) in [6.45, 7) is 6.16. The van der Waals surface area contributed by atoms with Crippen LogP contribution < -0.4 is 4.90 Å². The molecule has 0 saturated heterocycles. The molecule has 24 heavy (non-hydrogen) atoms. The molecule has 2 atom stereocenters. The van der Waals surface area contributed by atoms with Crippen LogP contribution in [0.2, 0.25) is 0 Å². The minimum absolute atomic E-state index is 0.250. The summed E-state index contributed by atoms with van der Waals surface area (Å²) in [4.78, 5) is 27.9. The van der Waals surface area contributed by atoms with Crippen molar-refractivity contribution in [1.82, 2.24) is 0 Å². The maximum absolute atomic E-state index is 12.9. The minimum Gasteiger partial charge on any atom is -0.465 e. The highest BCUT2D eigenvalue weighted by Crippen LogP contribution is 2.60. The summed E-state index contributed by atoms with van der Waals surface area (Å²) < 4.78 is 10.7. The molecule has 2 aliphatic rings. The molecule has 1 aromatic rings. The molecule has 0 aromatic heterocycles. The van der Waals surface area contributed by atoms with Gasteiger partial charge in [-0.25, -0.2) is 0 Å². The van der Waals surface area contributed by atoms with Crippen molar-refractivity contribution < 1.29 is 19.1 Å². The van der Waals surface area contributed by atoms with Gasteiger partial charge in [0.1, 0.15) is 0 Å². The first-order valence-electron chi connectivity index (χ1n) is 8.60. The molecule has 130 valence electrons. The Labute approximate surface area is 142 Å². The maximum Gasteiger partial charge on any atom is 0.325 e. The smallest absolute Gasteiger partial charge is 0.325 e. The third-order valence-corrected chi connectivity index (χ3v) is 5.67. The van der Waals surface area contributed by atoms with Crippen LogP contribution >= 0.6 is 0 Å². The van der Waals surface area contributed by atoms with Crippen LogP contribution in [-0.4, -0.2) is 38.2 Å². The second-order valence-electron chi connectivity index (χ2n) is 6.86. The van der Waals surface area contributed by atoms with Crippen LogP contribution in [-0.2, 0) is 24.5 Å². The summed E-state index contributed by atoms with van der Waals surface area (Å²) in [6.07, 6.45) is 1.20. The van der Waals surface area contributed by atoms with Gasteiger partial charge < -0.3 is 14.4 Å². The molecule has 1 aliphatic heterocycles. The Balaban J connectivity index is 2.14. The van der Waals surface area contributed by atoms with Crippen LogP contribution in [0.25, 0.3) is 0 Å². The van der Waals surface area contributed by atoms with Gasteiger partial charge in [0.05, 0.1) is 19.3 Å². The van der Waals surface area contributed by atoms with Crippen molar-refractivity contribution in [3.05, 3.63) is 29.8 Å². The standard InChI is InChI=1S/C19H25NO4/c1-5-23-16(21)19(17(22)24-6-2)12-11-18(3)13-9-7-8-10-14(13)20(4)15(18)19/h7-10,15H,5-6,11-12H2,1-4H3/t15-,18+/m1/s1. The Morgan fingerprint density at radius 2 is 1.71 bits per heavy atom. The fraction of sp³-hybridized carbons (Fsp3) is 0.579. The lowest BCUT2D eigenvalue weighted by Crippen LogP contribution is -2.56. The van der Waals surface area contributed by atoms with Crippen molar-refractivity contribution in [3.8, 4) is 0 Å². The second kappa shape index (κ2) is 5.80. The molecule has 1 heterocycles. The van der Waals surface area contributed by atoms with Crippen molar-refractivity contribution in [1.29, 1.82) is 0 Å². The number of para-hydroxylation sites is 1. The van der Waals surface area contributed by atoms with E-state index in [1.54, 1.807) is 13.8 Å². The van der Waals surface area contributed by atoms with Crippen LogP contribution in [0.4, 0.5) is 5.69 Å². The van der Waals surface area contributed by atoms with E-state index >= 15 is 0 Å². The highest BCUT2D eigenvalue weighted by atomic mass is 16.6. The summed E-state index contributed by atoms with van der Waals surface area (Å²) >= 11 is 0. The fourth-order valence-corrected chi connectivity index (χ4v) is 4.75. The number of anilines is 1. The van der Waals surface area contributed by atoms with Gasteiger partial charge >= 0.3 is 11.9 Å². The maximum atomic E-state index is 12.9. The van der Waals surface area contributed by atoms with Gasteiger partial charge in [-0.1, -0.05) is 25.1 Å². The van der Waals surface area contributed by atoms with Crippen LogP contribution in [0.1, 0.15) is 39.2 Å². The Hall–Kier alpha value is -2.04. The molecule has 0 N–H and O–H groups in total. The van der Waals surface area contributed by atoms with E-state index in [1.807, 2.05) is 25.2 Å². The molecular formula is C19H25NO4. The predicted molar refractivity (Wildman–Crippen MR) is 90.9 cm³/mol. The van der Waals surface area contributed by atoms with Gasteiger partial charge in [-0.2, -0.15) is 0 Å². The minimum atomic E-state index is -1.27. The zero-order valence-corrected chi connectivity index (χ0v) is 14.8. The summed E-state index contributed by atoms with van der Waals surface area (Å²) in [6, 6.07) is 7.84. The molecule has 1 fully saturated rings. The first kappa shape index (κ1) is 16.8. The normalized spacial score (nSPS) is 26.7. The lowest BCUT2D eigenvalue weighted by Gasteiger charge is -2.38. The number of esters is 2. The Morgan fingerprint density at radius 3 is 2.29 bits per heavy atom. The van der Waals surface area contributed by atoms with Crippen molar-refractivity contribution in [3.63, 3.8) is 0 Å². The van der Waals surface area contributed by atoms with Gasteiger partial charge in [-0.05, 0) is 38.3 Å². The molecule has 0 radical (unpaired) electrons. The fourth-order valence-electron chi connectivity index (χ4n) is 4.75. The van der Waals surface area contributed by atoms with Crippen molar-refractivity contribution in [2.24, 2.45) is 5.41 Å². The first-order valence-corrected chi connectivity index (χ1v) is 8.60. The van der Waals surface area contributed by atoms with Gasteiger partial charge in [0.15, 0.2) is 5.41 Å². The second-order valence-corrected chi connectivity index (χ2v) is 6.86. The number of benzene rings is 1. The SMILES string of the molecule is CCOC(=O)C1(C(=O)OCC)CC[C@@]2(C)c3ccccc3N(C)[C@@H]12. The van der Waals surface area contributed by atoms with E-state index in [-0.39, 0.29) is 24.7 Å². The third-order valence-electron chi connectivity index (χ3n) is 5.67. The summed E-state index contributed by atoms with van der Waals surface area (Å²) in [5, 5.41) is 0. The number of carbonyl (C=O) groups is 2. The van der Waals surface area contributed by atoms with E-state index in [9.17, 15) is 9.59 Å². The van der Waals surface area contributed by atoms with Crippen LogP contribution in [0.3, 0.4) is 0 Å². The molecule has 0 amide bonds. The number of rotatable bonds is 4. The van der Waals surface area contributed by atoms with Crippen LogP contribution in [0.5, 0.6) is 0 Å². The summed E-state index contributed by atoms with van der Waals surface area (Å²) in [7, 11) is 1.95. The lowest BCUT2D eigenvalue weighted by atomic mass is 9.73. The average molecular weight is 331 g/mol. The van der Waals surface area contributed by atoms with Crippen LogP contribution in [0.15, 0.2) is 24.3 Å². The molecule has 5 nitrogen and oxygen atoms in total. The zero-order chi connectivity index (χ0) is 17.5. The van der Waals surface area contributed by atoms with Gasteiger partial charge in [-0.3, -0.25) is 9.59 Å². The molecule has 0 bridgehead atoms. The lowest BCUT2D eigenvalue weighted by molar-refractivity contribution is -0.173. The Bertz CT molecular complexity index is 653. The van der Waals surface area contributed by atoms with Crippen molar-refractivity contribution in [2.45, 2.75) is 45.1 Å². The van der Waals surface area contributed by atoms with E-state index in [1.165, 1.54) is 5.56 Å². The first-order chi connectivity index (χ1) is 11.4. The average Bonchev–Trinajstić information content (AvgIpc) is 3.00. The highest BCUT2D eigenvalue weighted by molar-refractivity contribution is 6.03. The quantitative estimate of drug-likeness (QED) is 0.627. The van der Waals surface area contributed by atoms with Crippen molar-refractivity contribution >= 4 is 17.6 Å². The van der Waals surface area contributed by atoms with Crippen LogP contribution in [0, 0.1) is 5.41 Å². The van der Waals surface area contributed by atoms with Gasteiger partial charge in [0.25, 0.3) is 0 Å². The topological polar surface area (TPSA) is 55.8 Å². The van der Waals surface area contributed by atoms with Gasteiger partial charge in [0, 0.05) is 18.2 Å². The molecule has 1 aliphatic carbocycles. The number of nitrogens with zero attached hydrogens (tertiary/aromatic N) is 1. The number of fused-ring (bicyclic) bond motifs is 3. The molecule has 5 heteroatoms. The predicted octanol–water partition coefficient (Wildman–Crippen LogP) is 2.67. The summed E-state index contributed by atoms with van der Waals surface area (Å²) in [5.74, 6) is -0.923. The Morgan fingerprint density at radius 1 is 1.12 bits per heavy atom. The van der Waals surface area contributed by atoms with E-state index < -0.39 is 17.4 Å². The highest BCUT2D eigenvalue weighted by Gasteiger charge is 2.69. The number of hydrogen-bond donors (Lipinski definition) is 0. The molecular weight excluding hydrogens is 306 g/mol. The Kier molecular flexibility index (Phi) is 4.06. The van der Waals surface area contributed by atoms with E-state index in [0.29, 0.717) is 6.42 Å². The molecule has 3 rings (SSSR count). The molecule has 1 aromatic carbocycles. The van der Waals surface area contributed by atoms with E-state index in [0.717, 1.165) is 12.1 Å². The number of carbonyl (C=O) groups excluding carboxylic acids is 2. The number of likely N-dealkylation sites (N-methyl/N-ethyl adjacent to an activating group) is 1. The molecule has 0 unspecified atom stereocenters. The number of hydrogen-bond acceptors (Lipinski definition) is 5. The number of ether oxygens (including phenoxy) is 2. The molecule has 1 saturated carbocycles. The van der Waals surface area contributed by atoms with Gasteiger partial charge in [-0.15, -0.1) is 0 Å². The zero-order valence-electron chi connectivity index (χ0n) is 14.8.